The number of hydrogen-bond donors (Lipinski definition) is 2. The number of benzene rings is 3. The van der Waals surface area contributed by atoms with Crippen molar-refractivity contribution in [3.8, 4) is 17.2 Å². The summed E-state index contributed by atoms with van der Waals surface area (Å²) >= 11 is 0. The standard InChI is InChI=1S/C20H15N3O6/c24-19-14(6-3-7-15(19)23(26)27)10-21-22-20(25)18-11-28-16-8-12-4-1-2-5-13(12)9-17(16)29-18/h1-10,18,24H,11H2,(H,22,25)/b21-10-. The molecule has 3 aromatic rings. The van der Waals surface area contributed by atoms with E-state index in [4.69, 9.17) is 9.47 Å². The van der Waals surface area contributed by atoms with Crippen LogP contribution < -0.4 is 14.9 Å². The molecule has 0 aromatic heterocycles. The lowest BCUT2D eigenvalue weighted by molar-refractivity contribution is -0.385. The summed E-state index contributed by atoms with van der Waals surface area (Å²) in [7, 11) is 0. The zero-order chi connectivity index (χ0) is 20.4. The average molecular weight is 393 g/mol. The minimum Gasteiger partial charge on any atom is -0.502 e. The number of hydrazone groups is 1. The van der Waals surface area contributed by atoms with Crippen molar-refractivity contribution in [2.24, 2.45) is 5.10 Å². The summed E-state index contributed by atoms with van der Waals surface area (Å²) in [5, 5.41) is 26.4. The minimum absolute atomic E-state index is 0.00868. The van der Waals surface area contributed by atoms with E-state index in [0.29, 0.717) is 11.5 Å². The van der Waals surface area contributed by atoms with Crippen molar-refractivity contribution in [2.45, 2.75) is 6.10 Å². The highest BCUT2D eigenvalue weighted by atomic mass is 16.6. The second kappa shape index (κ2) is 7.47. The van der Waals surface area contributed by atoms with Gasteiger partial charge in [0.25, 0.3) is 5.91 Å². The zero-order valence-electron chi connectivity index (χ0n) is 14.9. The van der Waals surface area contributed by atoms with Crippen LogP contribution in [0.3, 0.4) is 0 Å². The number of para-hydroxylation sites is 1. The van der Waals surface area contributed by atoms with E-state index < -0.39 is 28.4 Å². The second-order valence-corrected chi connectivity index (χ2v) is 6.27. The number of fused-ring (bicyclic) bond motifs is 2. The Hall–Kier alpha value is -4.14. The summed E-state index contributed by atoms with van der Waals surface area (Å²) < 4.78 is 11.4. The summed E-state index contributed by atoms with van der Waals surface area (Å²) in [6, 6.07) is 15.4. The number of phenolic OH excluding ortho intramolecular Hbond substituents is 1. The van der Waals surface area contributed by atoms with Gasteiger partial charge in [-0.3, -0.25) is 14.9 Å². The highest BCUT2D eigenvalue weighted by molar-refractivity contribution is 5.89. The second-order valence-electron chi connectivity index (χ2n) is 6.27. The monoisotopic (exact) mass is 393 g/mol. The van der Waals surface area contributed by atoms with Gasteiger partial charge in [0.05, 0.1) is 11.1 Å². The first kappa shape index (κ1) is 18.2. The maximum absolute atomic E-state index is 12.3. The van der Waals surface area contributed by atoms with Gasteiger partial charge in [-0.25, -0.2) is 5.43 Å². The molecule has 1 unspecified atom stereocenters. The summed E-state index contributed by atoms with van der Waals surface area (Å²) in [4.78, 5) is 22.5. The van der Waals surface area contributed by atoms with Crippen molar-refractivity contribution < 1.29 is 24.3 Å². The molecule has 4 rings (SSSR count). The fourth-order valence-electron chi connectivity index (χ4n) is 2.92. The highest BCUT2D eigenvalue weighted by Crippen LogP contribution is 2.35. The van der Waals surface area contributed by atoms with Crippen LogP contribution >= 0.6 is 0 Å². The molecule has 0 aliphatic carbocycles. The Kier molecular flexibility index (Phi) is 4.70. The molecule has 146 valence electrons. The molecule has 0 saturated heterocycles. The van der Waals surface area contributed by atoms with Crippen molar-refractivity contribution in [2.75, 3.05) is 6.61 Å². The van der Waals surface area contributed by atoms with Crippen LogP contribution in [0.25, 0.3) is 10.8 Å². The quantitative estimate of drug-likeness (QED) is 0.399. The molecule has 0 radical (unpaired) electrons. The maximum atomic E-state index is 12.3. The van der Waals surface area contributed by atoms with Crippen LogP contribution in [0.1, 0.15) is 5.56 Å². The van der Waals surface area contributed by atoms with E-state index in [1.807, 2.05) is 30.3 Å². The third-order valence-electron chi connectivity index (χ3n) is 4.38. The molecular formula is C20H15N3O6. The van der Waals surface area contributed by atoms with Gasteiger partial charge in [0.2, 0.25) is 11.9 Å². The fraction of sp³-hybridized carbons (Fsp3) is 0.100. The first-order chi connectivity index (χ1) is 14.0. The van der Waals surface area contributed by atoms with Gasteiger partial charge in [0.15, 0.2) is 11.5 Å². The fourth-order valence-corrected chi connectivity index (χ4v) is 2.92. The van der Waals surface area contributed by atoms with Gasteiger partial charge >= 0.3 is 5.69 Å². The number of nitro benzene ring substituents is 1. The van der Waals surface area contributed by atoms with E-state index in [1.165, 1.54) is 18.2 Å². The number of nitrogens with zero attached hydrogens (tertiary/aromatic N) is 2. The smallest absolute Gasteiger partial charge is 0.311 e. The summed E-state index contributed by atoms with van der Waals surface area (Å²) in [5.41, 5.74) is 1.93. The molecule has 1 heterocycles. The van der Waals surface area contributed by atoms with Crippen molar-refractivity contribution in [1.29, 1.82) is 0 Å². The number of nitro groups is 1. The largest absolute Gasteiger partial charge is 0.502 e. The molecule has 29 heavy (non-hydrogen) atoms. The molecular weight excluding hydrogens is 378 g/mol. The predicted molar refractivity (Wildman–Crippen MR) is 104 cm³/mol. The molecule has 0 saturated carbocycles. The number of rotatable bonds is 4. The van der Waals surface area contributed by atoms with E-state index in [0.717, 1.165) is 17.0 Å². The molecule has 1 amide bonds. The molecule has 0 bridgehead atoms. The summed E-state index contributed by atoms with van der Waals surface area (Å²) in [6.07, 6.45) is 0.199. The van der Waals surface area contributed by atoms with Crippen molar-refractivity contribution >= 4 is 28.6 Å². The molecule has 1 aliphatic heterocycles. The summed E-state index contributed by atoms with van der Waals surface area (Å²) in [6.45, 7) is 0.00868. The number of ether oxygens (including phenoxy) is 2. The molecule has 0 spiro atoms. The van der Waals surface area contributed by atoms with Crippen LogP contribution in [0.2, 0.25) is 0 Å². The van der Waals surface area contributed by atoms with Crippen molar-refractivity contribution in [3.63, 3.8) is 0 Å². The third-order valence-corrected chi connectivity index (χ3v) is 4.38. The van der Waals surface area contributed by atoms with Gasteiger partial charge in [-0.15, -0.1) is 0 Å². The molecule has 3 aromatic carbocycles. The number of hydrogen-bond acceptors (Lipinski definition) is 7. The van der Waals surface area contributed by atoms with Crippen molar-refractivity contribution in [1.82, 2.24) is 5.43 Å². The lowest BCUT2D eigenvalue weighted by Gasteiger charge is -2.25. The highest BCUT2D eigenvalue weighted by Gasteiger charge is 2.27. The zero-order valence-corrected chi connectivity index (χ0v) is 14.9. The predicted octanol–water partition coefficient (Wildman–Crippen LogP) is 2.74. The Balaban J connectivity index is 1.45. The maximum Gasteiger partial charge on any atom is 0.311 e. The summed E-state index contributed by atoms with van der Waals surface area (Å²) in [5.74, 6) is -0.0771. The lowest BCUT2D eigenvalue weighted by Crippen LogP contribution is -2.42. The molecule has 2 N–H and O–H groups in total. The normalized spacial score (nSPS) is 15.4. The Morgan fingerprint density at radius 2 is 1.90 bits per heavy atom. The Morgan fingerprint density at radius 3 is 2.62 bits per heavy atom. The average Bonchev–Trinajstić information content (AvgIpc) is 2.72. The van der Waals surface area contributed by atoms with Crippen LogP contribution in [0.15, 0.2) is 59.7 Å². The third kappa shape index (κ3) is 3.65. The van der Waals surface area contributed by atoms with Crippen molar-refractivity contribution in [3.05, 3.63) is 70.3 Å². The van der Waals surface area contributed by atoms with Gasteiger partial charge in [0, 0.05) is 11.6 Å². The van der Waals surface area contributed by atoms with E-state index in [-0.39, 0.29) is 12.2 Å². The molecule has 1 aliphatic rings. The Bertz CT molecular complexity index is 1140. The van der Waals surface area contributed by atoms with Crippen LogP contribution in [0, 0.1) is 10.1 Å². The van der Waals surface area contributed by atoms with E-state index in [1.54, 1.807) is 6.07 Å². The Labute approximate surface area is 164 Å². The van der Waals surface area contributed by atoms with Gasteiger partial charge in [-0.2, -0.15) is 5.10 Å². The van der Waals surface area contributed by atoms with Crippen LogP contribution in [0.4, 0.5) is 5.69 Å². The van der Waals surface area contributed by atoms with E-state index >= 15 is 0 Å². The van der Waals surface area contributed by atoms with E-state index in [9.17, 15) is 20.0 Å². The van der Waals surface area contributed by atoms with Gasteiger partial charge < -0.3 is 14.6 Å². The number of amides is 1. The Morgan fingerprint density at radius 1 is 1.17 bits per heavy atom. The number of carbonyl (C=O) groups excluding carboxylic acids is 1. The molecule has 0 fully saturated rings. The molecule has 9 heteroatoms. The van der Waals surface area contributed by atoms with E-state index in [2.05, 4.69) is 10.5 Å². The van der Waals surface area contributed by atoms with Gasteiger partial charge in [-0.1, -0.05) is 30.3 Å². The topological polar surface area (TPSA) is 123 Å². The number of nitrogens with one attached hydrogen (secondary N) is 1. The minimum atomic E-state index is -0.917. The van der Waals surface area contributed by atoms with Gasteiger partial charge in [-0.05, 0) is 29.0 Å². The van der Waals surface area contributed by atoms with Crippen LogP contribution in [-0.4, -0.2) is 34.9 Å². The number of aromatic hydroxyl groups is 1. The van der Waals surface area contributed by atoms with Crippen LogP contribution in [0.5, 0.6) is 17.2 Å². The SMILES string of the molecule is O=C(N/N=C\c1cccc([N+](=O)[O-])c1O)C1COc2cc3ccccc3cc2O1. The first-order valence-corrected chi connectivity index (χ1v) is 8.64. The van der Waals surface area contributed by atoms with Gasteiger partial charge in [0.1, 0.15) is 6.61 Å². The number of phenols is 1. The molecule has 1 atom stereocenters. The molecule has 9 nitrogen and oxygen atoms in total. The van der Waals surface area contributed by atoms with Crippen LogP contribution in [-0.2, 0) is 4.79 Å². The number of carbonyl (C=O) groups is 1. The first-order valence-electron chi connectivity index (χ1n) is 8.64. The lowest BCUT2D eigenvalue weighted by atomic mass is 10.1.